The molecule has 0 saturated heterocycles. The summed E-state index contributed by atoms with van der Waals surface area (Å²) in [4.78, 5) is 11.3. The Balaban J connectivity index is 3.28. The average molecular weight is 235 g/mol. The number of nitrogens with one attached hydrogen (secondary N) is 1. The van der Waals surface area contributed by atoms with Gasteiger partial charge < -0.3 is 5.32 Å². The normalized spacial score (nSPS) is 12.5. The highest BCUT2D eigenvalue weighted by atomic mass is 33.1. The number of rotatable bonds is 8. The van der Waals surface area contributed by atoms with E-state index in [1.807, 2.05) is 0 Å². The minimum absolute atomic E-state index is 0.176. The van der Waals surface area contributed by atoms with Gasteiger partial charge in [0.15, 0.2) is 0 Å². The highest BCUT2D eigenvalue weighted by Crippen LogP contribution is 2.18. The van der Waals surface area contributed by atoms with E-state index in [-0.39, 0.29) is 5.91 Å². The number of unbranched alkanes of at least 4 members (excludes halogenated alkanes) is 2. The summed E-state index contributed by atoms with van der Waals surface area (Å²) < 4.78 is 0. The number of amides is 1. The molecule has 4 heteroatoms. The van der Waals surface area contributed by atoms with E-state index in [0.29, 0.717) is 11.7 Å². The van der Waals surface area contributed by atoms with Crippen LogP contribution in [0.2, 0.25) is 0 Å². The highest BCUT2D eigenvalue weighted by molar-refractivity contribution is 8.68. The molecule has 0 unspecified atom stereocenters. The van der Waals surface area contributed by atoms with Gasteiger partial charge in [0.2, 0.25) is 5.91 Å². The second-order valence-corrected chi connectivity index (χ2v) is 5.16. The van der Waals surface area contributed by atoms with Crippen LogP contribution in [-0.4, -0.2) is 17.7 Å². The van der Waals surface area contributed by atoms with Gasteiger partial charge in [0.05, 0.1) is 0 Å². The number of carbonyl (C=O) groups is 1. The molecule has 0 fully saturated rings. The minimum Gasteiger partial charge on any atom is -0.356 e. The van der Waals surface area contributed by atoms with Crippen molar-refractivity contribution in [1.82, 2.24) is 5.32 Å². The predicted octanol–water partition coefficient (Wildman–Crippen LogP) is 3.04. The molecular formula is C10H21NOS2. The van der Waals surface area contributed by atoms with Crippen LogP contribution in [0, 0.1) is 0 Å². The summed E-state index contributed by atoms with van der Waals surface area (Å²) in [6, 6.07) is 0. The largest absolute Gasteiger partial charge is 0.356 e. The van der Waals surface area contributed by atoms with Crippen LogP contribution in [0.15, 0.2) is 0 Å². The van der Waals surface area contributed by atoms with Crippen LogP contribution in [-0.2, 0) is 4.79 Å². The topological polar surface area (TPSA) is 29.1 Å². The predicted molar refractivity (Wildman–Crippen MR) is 67.8 cm³/mol. The summed E-state index contributed by atoms with van der Waals surface area (Å²) in [6.07, 6.45) is 5.03. The zero-order chi connectivity index (χ0) is 10.8. The van der Waals surface area contributed by atoms with E-state index in [9.17, 15) is 4.79 Å². The second-order valence-electron chi connectivity index (χ2n) is 3.51. The Labute approximate surface area is 96.4 Å². The van der Waals surface area contributed by atoms with Crippen molar-refractivity contribution in [3.05, 3.63) is 0 Å². The number of hydrogen-bond acceptors (Lipinski definition) is 3. The Bertz CT molecular complexity index is 153. The van der Waals surface area contributed by atoms with Gasteiger partial charge in [-0.15, -0.1) is 11.7 Å². The number of carbonyl (C=O) groups excluding carboxylic acids is 1. The third-order valence-corrected chi connectivity index (χ3v) is 3.74. The fourth-order valence-corrected chi connectivity index (χ4v) is 1.62. The zero-order valence-electron chi connectivity index (χ0n) is 9.08. The first-order valence-corrected chi connectivity index (χ1v) is 7.20. The van der Waals surface area contributed by atoms with Crippen LogP contribution in [0.25, 0.3) is 0 Å². The molecule has 0 aliphatic heterocycles. The Kier molecular flexibility index (Phi) is 9.83. The van der Waals surface area contributed by atoms with Gasteiger partial charge in [-0.05, 0) is 12.8 Å². The minimum atomic E-state index is 0.176. The second kappa shape index (κ2) is 9.71. The smallest absolute Gasteiger partial charge is 0.220 e. The van der Waals surface area contributed by atoms with Crippen LogP contribution >= 0.6 is 22.5 Å². The summed E-state index contributed by atoms with van der Waals surface area (Å²) in [5.74, 6) is 0.176. The lowest BCUT2D eigenvalue weighted by Crippen LogP contribution is -2.24. The van der Waals surface area contributed by atoms with Gasteiger partial charge in [0.25, 0.3) is 0 Å². The summed E-state index contributed by atoms with van der Waals surface area (Å²) in [6.45, 7) is 5.07. The summed E-state index contributed by atoms with van der Waals surface area (Å²) >= 11 is 4.10. The van der Waals surface area contributed by atoms with Gasteiger partial charge in [-0.2, -0.15) is 0 Å². The van der Waals surface area contributed by atoms with Crippen LogP contribution in [0.4, 0.5) is 0 Å². The van der Waals surface area contributed by atoms with Crippen molar-refractivity contribution in [1.29, 1.82) is 0 Å². The first kappa shape index (κ1) is 14.2. The number of thiol groups is 1. The number of hydrogen-bond donors (Lipinski definition) is 2. The Morgan fingerprint density at radius 3 is 2.79 bits per heavy atom. The molecule has 1 N–H and O–H groups in total. The summed E-state index contributed by atoms with van der Waals surface area (Å²) in [5, 5.41) is 3.38. The maximum atomic E-state index is 11.3. The van der Waals surface area contributed by atoms with Gasteiger partial charge in [0, 0.05) is 18.2 Å². The summed E-state index contributed by atoms with van der Waals surface area (Å²) in [7, 11) is 1.51. The molecule has 0 spiro atoms. The van der Waals surface area contributed by atoms with Crippen LogP contribution < -0.4 is 5.32 Å². The molecule has 1 atom stereocenters. The van der Waals surface area contributed by atoms with E-state index < -0.39 is 0 Å². The Hall–Kier alpha value is 0.170. The fraction of sp³-hybridized carbons (Fsp3) is 0.900. The third-order valence-electron chi connectivity index (χ3n) is 2.06. The molecule has 0 aliphatic rings. The molecule has 2 nitrogen and oxygen atoms in total. The molecule has 0 bridgehead atoms. The lowest BCUT2D eigenvalue weighted by Gasteiger charge is -2.07. The SMILES string of the molecule is CCCCCNC(=O)CC[C@H](C)SS. The van der Waals surface area contributed by atoms with Crippen molar-refractivity contribution in [3.8, 4) is 0 Å². The quantitative estimate of drug-likeness (QED) is 0.385. The Morgan fingerprint density at radius 1 is 1.50 bits per heavy atom. The van der Waals surface area contributed by atoms with E-state index in [4.69, 9.17) is 0 Å². The zero-order valence-corrected chi connectivity index (χ0v) is 10.8. The molecule has 0 aromatic rings. The van der Waals surface area contributed by atoms with E-state index >= 15 is 0 Å². The highest BCUT2D eigenvalue weighted by Gasteiger charge is 2.04. The van der Waals surface area contributed by atoms with Crippen molar-refractivity contribution in [2.75, 3.05) is 6.54 Å². The third kappa shape index (κ3) is 8.75. The molecule has 0 saturated carbocycles. The maximum Gasteiger partial charge on any atom is 0.220 e. The Morgan fingerprint density at radius 2 is 2.21 bits per heavy atom. The molecule has 0 radical (unpaired) electrons. The van der Waals surface area contributed by atoms with Crippen LogP contribution in [0.3, 0.4) is 0 Å². The summed E-state index contributed by atoms with van der Waals surface area (Å²) in [5.41, 5.74) is 0. The maximum absolute atomic E-state index is 11.3. The van der Waals surface area contributed by atoms with Crippen LogP contribution in [0.5, 0.6) is 0 Å². The molecule has 0 aromatic heterocycles. The van der Waals surface area contributed by atoms with E-state index in [0.717, 1.165) is 19.4 Å². The molecule has 0 aromatic carbocycles. The van der Waals surface area contributed by atoms with Crippen LogP contribution in [0.1, 0.15) is 46.0 Å². The molecule has 0 rings (SSSR count). The first-order valence-electron chi connectivity index (χ1n) is 5.27. The molecule has 14 heavy (non-hydrogen) atoms. The lowest BCUT2D eigenvalue weighted by molar-refractivity contribution is -0.121. The first-order chi connectivity index (χ1) is 6.70. The lowest BCUT2D eigenvalue weighted by atomic mass is 10.2. The molecule has 0 heterocycles. The molecular weight excluding hydrogens is 214 g/mol. The van der Waals surface area contributed by atoms with Gasteiger partial charge in [-0.1, -0.05) is 37.5 Å². The molecule has 1 amide bonds. The van der Waals surface area contributed by atoms with Gasteiger partial charge in [-0.25, -0.2) is 0 Å². The molecule has 0 aliphatic carbocycles. The van der Waals surface area contributed by atoms with Gasteiger partial charge in [-0.3, -0.25) is 4.79 Å². The van der Waals surface area contributed by atoms with Crippen molar-refractivity contribution in [3.63, 3.8) is 0 Å². The standard InChI is InChI=1S/C10H21NOS2/c1-3-4-5-8-11-10(12)7-6-9(2)14-13/h9,13H,3-8H2,1-2H3,(H,11,12)/t9-/m0/s1. The van der Waals surface area contributed by atoms with E-state index in [1.165, 1.54) is 23.6 Å². The monoisotopic (exact) mass is 235 g/mol. The van der Waals surface area contributed by atoms with Crippen molar-refractivity contribution in [2.24, 2.45) is 0 Å². The fourth-order valence-electron chi connectivity index (χ4n) is 1.08. The van der Waals surface area contributed by atoms with Crippen molar-refractivity contribution >= 4 is 28.4 Å². The van der Waals surface area contributed by atoms with Crippen molar-refractivity contribution in [2.45, 2.75) is 51.2 Å². The van der Waals surface area contributed by atoms with Gasteiger partial charge >= 0.3 is 0 Å². The van der Waals surface area contributed by atoms with Crippen molar-refractivity contribution < 1.29 is 4.79 Å². The van der Waals surface area contributed by atoms with E-state index in [2.05, 4.69) is 30.8 Å². The molecule has 84 valence electrons. The van der Waals surface area contributed by atoms with Gasteiger partial charge in [0.1, 0.15) is 0 Å². The van der Waals surface area contributed by atoms with E-state index in [1.54, 1.807) is 0 Å². The average Bonchev–Trinajstić information content (AvgIpc) is 2.21.